The van der Waals surface area contributed by atoms with Gasteiger partial charge in [0, 0.05) is 19.6 Å². The average molecular weight is 240 g/mol. The maximum atomic E-state index is 12.6. The van der Waals surface area contributed by atoms with Crippen LogP contribution in [0.4, 0.5) is 0 Å². The van der Waals surface area contributed by atoms with E-state index in [1.165, 1.54) is 0 Å². The van der Waals surface area contributed by atoms with Gasteiger partial charge in [0.15, 0.2) is 0 Å². The fourth-order valence-electron chi connectivity index (χ4n) is 2.39. The summed E-state index contributed by atoms with van der Waals surface area (Å²) in [6.07, 6.45) is 5.55. The Morgan fingerprint density at radius 2 is 1.82 bits per heavy atom. The van der Waals surface area contributed by atoms with Gasteiger partial charge in [-0.2, -0.15) is 0 Å². The Labute approximate surface area is 106 Å². The maximum absolute atomic E-state index is 12.6. The van der Waals surface area contributed by atoms with Gasteiger partial charge >= 0.3 is 0 Å². The van der Waals surface area contributed by atoms with Gasteiger partial charge in [-0.05, 0) is 32.7 Å². The lowest BCUT2D eigenvalue weighted by Crippen LogP contribution is -2.44. The highest BCUT2D eigenvalue weighted by atomic mass is 16.2. The molecule has 17 heavy (non-hydrogen) atoms. The lowest BCUT2D eigenvalue weighted by Gasteiger charge is -2.31. The van der Waals surface area contributed by atoms with Crippen molar-refractivity contribution in [2.24, 2.45) is 5.41 Å². The number of amides is 1. The van der Waals surface area contributed by atoms with Crippen molar-refractivity contribution in [1.29, 1.82) is 0 Å². The second kappa shape index (κ2) is 7.00. The molecule has 3 nitrogen and oxygen atoms in total. The van der Waals surface area contributed by atoms with E-state index in [0.29, 0.717) is 5.91 Å². The molecule has 3 heteroatoms. The summed E-state index contributed by atoms with van der Waals surface area (Å²) in [5, 5.41) is 3.31. The molecular weight excluding hydrogens is 212 g/mol. The summed E-state index contributed by atoms with van der Waals surface area (Å²) in [5.41, 5.74) is -0.151. The van der Waals surface area contributed by atoms with Crippen LogP contribution in [0.15, 0.2) is 0 Å². The van der Waals surface area contributed by atoms with Crippen molar-refractivity contribution in [3.63, 3.8) is 0 Å². The molecule has 1 aliphatic heterocycles. The summed E-state index contributed by atoms with van der Waals surface area (Å²) in [6, 6.07) is 0. The number of unbranched alkanes of at least 4 members (excludes halogenated alkanes) is 2. The van der Waals surface area contributed by atoms with E-state index in [9.17, 15) is 4.79 Å². The number of nitrogens with zero attached hydrogens (tertiary/aromatic N) is 1. The average Bonchev–Trinajstić information content (AvgIpc) is 2.77. The predicted molar refractivity (Wildman–Crippen MR) is 72.0 cm³/mol. The molecular formula is C14H28N2O. The minimum Gasteiger partial charge on any atom is -0.342 e. The van der Waals surface area contributed by atoms with Crippen LogP contribution in [-0.4, -0.2) is 37.0 Å². The third-order valence-corrected chi connectivity index (χ3v) is 3.74. The molecule has 0 bridgehead atoms. The van der Waals surface area contributed by atoms with Gasteiger partial charge in [0.25, 0.3) is 0 Å². The summed E-state index contributed by atoms with van der Waals surface area (Å²) in [7, 11) is 0. The van der Waals surface area contributed by atoms with E-state index in [4.69, 9.17) is 0 Å². The van der Waals surface area contributed by atoms with Gasteiger partial charge in [-0.1, -0.05) is 26.7 Å². The highest BCUT2D eigenvalue weighted by molar-refractivity contribution is 5.83. The normalized spacial score (nSPS) is 23.9. The van der Waals surface area contributed by atoms with Gasteiger partial charge in [-0.3, -0.25) is 4.79 Å². The Morgan fingerprint density at radius 1 is 1.24 bits per heavy atom. The van der Waals surface area contributed by atoms with Crippen molar-refractivity contribution in [3.05, 3.63) is 0 Å². The summed E-state index contributed by atoms with van der Waals surface area (Å²) in [4.78, 5) is 14.7. The lowest BCUT2D eigenvalue weighted by atomic mass is 9.88. The van der Waals surface area contributed by atoms with Crippen molar-refractivity contribution in [2.45, 2.75) is 52.9 Å². The van der Waals surface area contributed by atoms with Crippen LogP contribution in [0, 0.1) is 5.41 Å². The van der Waals surface area contributed by atoms with Gasteiger partial charge in [0.05, 0.1) is 5.41 Å². The smallest absolute Gasteiger partial charge is 0.229 e. The third-order valence-electron chi connectivity index (χ3n) is 3.74. The molecule has 1 heterocycles. The summed E-state index contributed by atoms with van der Waals surface area (Å²) >= 11 is 0. The molecule has 1 amide bonds. The molecule has 1 fully saturated rings. The second-order valence-corrected chi connectivity index (χ2v) is 5.49. The van der Waals surface area contributed by atoms with Crippen LogP contribution >= 0.6 is 0 Å². The number of hydrogen-bond acceptors (Lipinski definition) is 2. The van der Waals surface area contributed by atoms with Crippen LogP contribution < -0.4 is 5.32 Å². The molecule has 0 aliphatic carbocycles. The first-order valence-corrected chi connectivity index (χ1v) is 7.14. The molecule has 1 unspecified atom stereocenters. The molecule has 0 aromatic rings. The second-order valence-electron chi connectivity index (χ2n) is 5.49. The SMILES string of the molecule is CCCCN(CCCC)C(=O)C1(C)CCNC1. The topological polar surface area (TPSA) is 32.3 Å². The fourth-order valence-corrected chi connectivity index (χ4v) is 2.39. The zero-order chi connectivity index (χ0) is 12.7. The Kier molecular flexibility index (Phi) is 5.96. The molecule has 1 saturated heterocycles. The van der Waals surface area contributed by atoms with Crippen molar-refractivity contribution in [3.8, 4) is 0 Å². The van der Waals surface area contributed by atoms with Crippen LogP contribution in [0.25, 0.3) is 0 Å². The first-order valence-electron chi connectivity index (χ1n) is 7.14. The molecule has 0 radical (unpaired) electrons. The van der Waals surface area contributed by atoms with Gasteiger partial charge < -0.3 is 10.2 Å². The number of hydrogen-bond donors (Lipinski definition) is 1. The first-order chi connectivity index (χ1) is 8.14. The zero-order valence-electron chi connectivity index (χ0n) is 11.7. The number of carbonyl (C=O) groups is 1. The minimum absolute atomic E-state index is 0.151. The van der Waals surface area contributed by atoms with Crippen LogP contribution in [0.5, 0.6) is 0 Å². The van der Waals surface area contributed by atoms with Gasteiger partial charge in [-0.25, -0.2) is 0 Å². The number of carbonyl (C=O) groups excluding carboxylic acids is 1. The fraction of sp³-hybridized carbons (Fsp3) is 0.929. The van der Waals surface area contributed by atoms with Crippen LogP contribution in [0.1, 0.15) is 52.9 Å². The van der Waals surface area contributed by atoms with E-state index in [1.807, 2.05) is 0 Å². The molecule has 1 N–H and O–H groups in total. The first kappa shape index (κ1) is 14.5. The van der Waals surface area contributed by atoms with Gasteiger partial charge in [0.1, 0.15) is 0 Å². The predicted octanol–water partition coefficient (Wildman–Crippen LogP) is 2.41. The van der Waals surface area contributed by atoms with Crippen LogP contribution in [0.3, 0.4) is 0 Å². The van der Waals surface area contributed by atoms with Crippen molar-refractivity contribution >= 4 is 5.91 Å². The van der Waals surface area contributed by atoms with Crippen LogP contribution in [0.2, 0.25) is 0 Å². The Bertz CT molecular complexity index is 226. The van der Waals surface area contributed by atoms with E-state index in [0.717, 1.165) is 58.3 Å². The monoisotopic (exact) mass is 240 g/mol. The summed E-state index contributed by atoms with van der Waals surface area (Å²) < 4.78 is 0. The van der Waals surface area contributed by atoms with Gasteiger partial charge in [-0.15, -0.1) is 0 Å². The molecule has 1 atom stereocenters. The van der Waals surface area contributed by atoms with Gasteiger partial charge in [0.2, 0.25) is 5.91 Å². The largest absolute Gasteiger partial charge is 0.342 e. The summed E-state index contributed by atoms with van der Waals surface area (Å²) in [6.45, 7) is 10.2. The lowest BCUT2D eigenvalue weighted by molar-refractivity contribution is -0.140. The molecule has 0 aromatic heterocycles. The molecule has 0 aromatic carbocycles. The molecule has 0 saturated carbocycles. The quantitative estimate of drug-likeness (QED) is 0.741. The van der Waals surface area contributed by atoms with Crippen molar-refractivity contribution in [2.75, 3.05) is 26.2 Å². The summed E-state index contributed by atoms with van der Waals surface area (Å²) in [5.74, 6) is 0.365. The Hall–Kier alpha value is -0.570. The highest BCUT2D eigenvalue weighted by Crippen LogP contribution is 2.27. The maximum Gasteiger partial charge on any atom is 0.229 e. The van der Waals surface area contributed by atoms with Crippen molar-refractivity contribution in [1.82, 2.24) is 10.2 Å². The van der Waals surface area contributed by atoms with E-state index >= 15 is 0 Å². The molecule has 1 aliphatic rings. The standard InChI is InChI=1S/C14H28N2O/c1-4-6-10-16(11-7-5-2)13(17)14(3)8-9-15-12-14/h15H,4-12H2,1-3H3. The minimum atomic E-state index is -0.151. The van der Waals surface area contributed by atoms with E-state index in [1.54, 1.807) is 0 Å². The Morgan fingerprint density at radius 3 is 2.24 bits per heavy atom. The molecule has 0 spiro atoms. The molecule has 1 rings (SSSR count). The number of nitrogens with one attached hydrogen (secondary N) is 1. The Balaban J connectivity index is 2.57. The van der Waals surface area contributed by atoms with E-state index < -0.39 is 0 Å². The van der Waals surface area contributed by atoms with E-state index in [2.05, 4.69) is 31.0 Å². The highest BCUT2D eigenvalue weighted by Gasteiger charge is 2.38. The zero-order valence-corrected chi connectivity index (χ0v) is 11.7. The van der Waals surface area contributed by atoms with Crippen molar-refractivity contribution < 1.29 is 4.79 Å². The number of rotatable bonds is 7. The molecule has 100 valence electrons. The third kappa shape index (κ3) is 3.98. The van der Waals surface area contributed by atoms with Crippen LogP contribution in [-0.2, 0) is 4.79 Å². The van der Waals surface area contributed by atoms with E-state index in [-0.39, 0.29) is 5.41 Å².